The molecule has 2 rings (SSSR count). The van der Waals surface area contributed by atoms with Gasteiger partial charge in [-0.3, -0.25) is 10.1 Å². The molecule has 0 aliphatic carbocycles. The lowest BCUT2D eigenvalue weighted by Gasteiger charge is -2.19. The molecule has 0 atom stereocenters. The molecule has 0 unspecified atom stereocenters. The van der Waals surface area contributed by atoms with Crippen LogP contribution in [-0.2, 0) is 0 Å². The predicted octanol–water partition coefficient (Wildman–Crippen LogP) is 3.88. The molecule has 1 aromatic carbocycles. The Morgan fingerprint density at radius 1 is 1.45 bits per heavy atom. The fourth-order valence-electron chi connectivity index (χ4n) is 2.01. The monoisotopic (exact) mass is 341 g/mol. The van der Waals surface area contributed by atoms with E-state index in [1.165, 1.54) is 0 Å². The number of rotatable bonds is 4. The third kappa shape index (κ3) is 3.50. The van der Waals surface area contributed by atoms with E-state index in [0.29, 0.717) is 31.1 Å². The number of hydrogen-bond donors (Lipinski definition) is 0. The van der Waals surface area contributed by atoms with Gasteiger partial charge in [0.15, 0.2) is 11.5 Å². The predicted molar refractivity (Wildman–Crippen MR) is 79.6 cm³/mol. The standard InChI is InChI=1S/C14H16BrNO4/c1-9(2)5-11(16(17)18)6-10-7-12(15)14-13(8-10)19-3-4-20-14/h6-9H,3-5H2,1-2H3. The number of fused-ring (bicyclic) bond motifs is 1. The average molecular weight is 342 g/mol. The fourth-order valence-corrected chi connectivity index (χ4v) is 2.59. The molecular formula is C14H16BrNO4. The first kappa shape index (κ1) is 14.8. The van der Waals surface area contributed by atoms with Crippen molar-refractivity contribution in [1.82, 2.24) is 0 Å². The molecule has 1 aromatic rings. The Kier molecular flexibility index (Phi) is 4.65. The number of ether oxygens (including phenoxy) is 2. The molecule has 0 bridgehead atoms. The van der Waals surface area contributed by atoms with Gasteiger partial charge in [-0.15, -0.1) is 0 Å². The van der Waals surface area contributed by atoms with Gasteiger partial charge in [0.25, 0.3) is 0 Å². The maximum absolute atomic E-state index is 11.1. The average Bonchev–Trinajstić information content (AvgIpc) is 2.37. The molecule has 1 aliphatic heterocycles. The summed E-state index contributed by atoms with van der Waals surface area (Å²) in [5.74, 6) is 1.50. The molecule has 0 radical (unpaired) electrons. The fraction of sp³-hybridized carbons (Fsp3) is 0.429. The van der Waals surface area contributed by atoms with E-state index in [0.717, 1.165) is 10.0 Å². The zero-order valence-electron chi connectivity index (χ0n) is 11.4. The van der Waals surface area contributed by atoms with E-state index in [4.69, 9.17) is 9.47 Å². The lowest BCUT2D eigenvalue weighted by Crippen LogP contribution is -2.15. The highest BCUT2D eigenvalue weighted by Crippen LogP contribution is 2.39. The summed E-state index contributed by atoms with van der Waals surface area (Å²) in [6.45, 7) is 4.91. The third-order valence-corrected chi connectivity index (χ3v) is 3.39. The molecule has 5 nitrogen and oxygen atoms in total. The van der Waals surface area contributed by atoms with Gasteiger partial charge in [0.2, 0.25) is 5.70 Å². The van der Waals surface area contributed by atoms with E-state index >= 15 is 0 Å². The first-order chi connectivity index (χ1) is 9.47. The molecule has 0 fully saturated rings. The van der Waals surface area contributed by atoms with Crippen LogP contribution in [0.2, 0.25) is 0 Å². The molecule has 0 aromatic heterocycles. The molecule has 0 saturated heterocycles. The number of hydrogen-bond acceptors (Lipinski definition) is 4. The highest BCUT2D eigenvalue weighted by atomic mass is 79.9. The van der Waals surface area contributed by atoms with Crippen molar-refractivity contribution in [2.45, 2.75) is 20.3 Å². The maximum atomic E-state index is 11.1. The molecule has 20 heavy (non-hydrogen) atoms. The van der Waals surface area contributed by atoms with Crippen LogP contribution in [-0.4, -0.2) is 18.1 Å². The van der Waals surface area contributed by atoms with Gasteiger partial charge in [-0.2, -0.15) is 0 Å². The van der Waals surface area contributed by atoms with Crippen molar-refractivity contribution in [2.75, 3.05) is 13.2 Å². The van der Waals surface area contributed by atoms with Crippen LogP contribution in [0.5, 0.6) is 11.5 Å². The van der Waals surface area contributed by atoms with Crippen LogP contribution >= 0.6 is 15.9 Å². The normalized spacial score (nSPS) is 14.5. The largest absolute Gasteiger partial charge is 0.486 e. The zero-order chi connectivity index (χ0) is 14.7. The summed E-state index contributed by atoms with van der Waals surface area (Å²) in [7, 11) is 0. The number of benzene rings is 1. The minimum atomic E-state index is -0.329. The molecule has 0 amide bonds. The maximum Gasteiger partial charge on any atom is 0.247 e. The number of nitro groups is 1. The summed E-state index contributed by atoms with van der Waals surface area (Å²) in [4.78, 5) is 10.8. The quantitative estimate of drug-likeness (QED) is 0.615. The van der Waals surface area contributed by atoms with Gasteiger partial charge in [0.1, 0.15) is 13.2 Å². The zero-order valence-corrected chi connectivity index (χ0v) is 13.0. The summed E-state index contributed by atoms with van der Waals surface area (Å²) in [5, 5.41) is 11.1. The van der Waals surface area contributed by atoms with Gasteiger partial charge < -0.3 is 9.47 Å². The van der Waals surface area contributed by atoms with Gasteiger partial charge in [0.05, 0.1) is 9.40 Å². The van der Waals surface area contributed by atoms with Crippen molar-refractivity contribution in [3.8, 4) is 11.5 Å². The van der Waals surface area contributed by atoms with E-state index in [9.17, 15) is 10.1 Å². The minimum absolute atomic E-state index is 0.198. The Bertz CT molecular complexity index is 554. The second kappa shape index (κ2) is 6.26. The number of allylic oxidation sites excluding steroid dienone is 1. The van der Waals surface area contributed by atoms with Crippen LogP contribution in [0, 0.1) is 16.0 Å². The van der Waals surface area contributed by atoms with Gasteiger partial charge in [-0.05, 0) is 39.5 Å². The van der Waals surface area contributed by atoms with E-state index < -0.39 is 0 Å². The molecule has 108 valence electrons. The summed E-state index contributed by atoms with van der Waals surface area (Å²) in [5.41, 5.74) is 0.928. The van der Waals surface area contributed by atoms with Crippen molar-refractivity contribution >= 4 is 22.0 Å². The summed E-state index contributed by atoms with van der Waals surface area (Å²) < 4.78 is 11.8. The Morgan fingerprint density at radius 2 is 2.15 bits per heavy atom. The van der Waals surface area contributed by atoms with Crippen LogP contribution in [0.15, 0.2) is 22.3 Å². The second-order valence-electron chi connectivity index (χ2n) is 5.02. The smallest absolute Gasteiger partial charge is 0.247 e. The highest BCUT2D eigenvalue weighted by molar-refractivity contribution is 9.10. The number of nitrogens with zero attached hydrogens (tertiary/aromatic N) is 1. The Morgan fingerprint density at radius 3 is 2.80 bits per heavy atom. The molecule has 1 heterocycles. The van der Waals surface area contributed by atoms with Crippen LogP contribution in [0.4, 0.5) is 0 Å². The van der Waals surface area contributed by atoms with Crippen molar-refractivity contribution in [3.05, 3.63) is 38.0 Å². The first-order valence-electron chi connectivity index (χ1n) is 6.41. The van der Waals surface area contributed by atoms with Crippen LogP contribution in [0.25, 0.3) is 6.08 Å². The van der Waals surface area contributed by atoms with E-state index in [2.05, 4.69) is 15.9 Å². The van der Waals surface area contributed by atoms with Gasteiger partial charge in [0, 0.05) is 12.5 Å². The van der Waals surface area contributed by atoms with Crippen molar-refractivity contribution in [2.24, 2.45) is 5.92 Å². The molecule has 1 aliphatic rings. The Labute approximate surface area is 125 Å². The Hall–Kier alpha value is -1.56. The van der Waals surface area contributed by atoms with Crippen molar-refractivity contribution in [3.63, 3.8) is 0 Å². The lowest BCUT2D eigenvalue weighted by molar-refractivity contribution is -0.427. The van der Waals surface area contributed by atoms with E-state index in [-0.39, 0.29) is 16.5 Å². The first-order valence-corrected chi connectivity index (χ1v) is 7.20. The van der Waals surface area contributed by atoms with E-state index in [1.807, 2.05) is 13.8 Å². The minimum Gasteiger partial charge on any atom is -0.486 e. The summed E-state index contributed by atoms with van der Waals surface area (Å²) in [6.07, 6.45) is 2.02. The molecule has 0 spiro atoms. The van der Waals surface area contributed by atoms with Crippen molar-refractivity contribution < 1.29 is 14.4 Å². The molecule has 6 heteroatoms. The molecule has 0 N–H and O–H groups in total. The number of halogens is 1. The highest BCUT2D eigenvalue weighted by Gasteiger charge is 2.18. The van der Waals surface area contributed by atoms with Crippen LogP contribution in [0.3, 0.4) is 0 Å². The summed E-state index contributed by atoms with van der Waals surface area (Å²) >= 11 is 3.41. The molecular weight excluding hydrogens is 326 g/mol. The van der Waals surface area contributed by atoms with Gasteiger partial charge in [-0.1, -0.05) is 13.8 Å². The second-order valence-corrected chi connectivity index (χ2v) is 5.87. The third-order valence-electron chi connectivity index (χ3n) is 2.80. The van der Waals surface area contributed by atoms with Gasteiger partial charge in [-0.25, -0.2) is 0 Å². The summed E-state index contributed by atoms with van der Waals surface area (Å²) in [6, 6.07) is 3.57. The van der Waals surface area contributed by atoms with Crippen molar-refractivity contribution in [1.29, 1.82) is 0 Å². The van der Waals surface area contributed by atoms with Crippen LogP contribution < -0.4 is 9.47 Å². The topological polar surface area (TPSA) is 61.6 Å². The lowest BCUT2D eigenvalue weighted by atomic mass is 10.1. The van der Waals surface area contributed by atoms with Gasteiger partial charge >= 0.3 is 0 Å². The van der Waals surface area contributed by atoms with E-state index in [1.54, 1.807) is 18.2 Å². The van der Waals surface area contributed by atoms with Crippen LogP contribution in [0.1, 0.15) is 25.8 Å². The Balaban J connectivity index is 2.36. The molecule has 0 saturated carbocycles. The SMILES string of the molecule is CC(C)CC(=Cc1cc(Br)c2c(c1)OCCO2)[N+](=O)[O-].